The van der Waals surface area contributed by atoms with Gasteiger partial charge >= 0.3 is 18.9 Å². The van der Waals surface area contributed by atoms with Gasteiger partial charge < -0.3 is 14.5 Å². The van der Waals surface area contributed by atoms with Crippen LogP contribution in [0.25, 0.3) is 0 Å². The van der Waals surface area contributed by atoms with Gasteiger partial charge in [0.25, 0.3) is 0 Å². The summed E-state index contributed by atoms with van der Waals surface area (Å²) >= 11 is 0. The molecular formula is C6H4LiN3O2. The first-order valence-electron chi connectivity index (χ1n) is 2.84. The van der Waals surface area contributed by atoms with Gasteiger partial charge in [-0.3, -0.25) is 0 Å². The number of aromatic nitrogens is 2. The molecule has 1 aromatic rings. The molecule has 0 atom stereocenters. The molecule has 1 rings (SSSR count). The molecule has 0 amide bonds. The monoisotopic (exact) mass is 157 g/mol. The fourth-order valence-electron chi connectivity index (χ4n) is 0.634. The molecule has 0 aliphatic rings. The van der Waals surface area contributed by atoms with E-state index in [1.807, 2.05) is 6.07 Å². The second kappa shape index (κ2) is 4.61. The largest absolute Gasteiger partial charge is 1.00 e. The van der Waals surface area contributed by atoms with Gasteiger partial charge in [0, 0.05) is 6.20 Å². The Balaban J connectivity index is 0.00000121. The van der Waals surface area contributed by atoms with Crippen LogP contribution in [0.15, 0.2) is 12.5 Å². The minimum absolute atomic E-state index is 0. The van der Waals surface area contributed by atoms with Gasteiger partial charge in [0.2, 0.25) is 0 Å². The van der Waals surface area contributed by atoms with Crippen molar-refractivity contribution < 1.29 is 28.8 Å². The standard InChI is InChI=1S/C6H5N3O2.Li/c7-1-2-9-3-5(6(10)11)8-4-9;/h3-4H,2H2,(H,10,11);/q;+1/p-1. The summed E-state index contributed by atoms with van der Waals surface area (Å²) in [6.45, 7) is 0.0975. The molecule has 0 saturated carbocycles. The van der Waals surface area contributed by atoms with Crippen molar-refractivity contribution in [3.05, 3.63) is 18.2 Å². The van der Waals surface area contributed by atoms with Gasteiger partial charge in [-0.1, -0.05) is 0 Å². The van der Waals surface area contributed by atoms with Crippen molar-refractivity contribution in [2.75, 3.05) is 0 Å². The molecule has 0 bridgehead atoms. The molecule has 1 heterocycles. The summed E-state index contributed by atoms with van der Waals surface area (Å²) in [6.07, 6.45) is 2.52. The molecule has 0 radical (unpaired) electrons. The molecule has 1 aromatic heterocycles. The minimum atomic E-state index is -1.33. The number of carbonyl (C=O) groups is 1. The average Bonchev–Trinajstić information content (AvgIpc) is 2.37. The third-order valence-electron chi connectivity index (χ3n) is 1.10. The molecule has 0 spiro atoms. The number of hydrogen-bond acceptors (Lipinski definition) is 4. The summed E-state index contributed by atoms with van der Waals surface area (Å²) in [4.78, 5) is 13.6. The van der Waals surface area contributed by atoms with Crippen LogP contribution in [0.1, 0.15) is 10.5 Å². The molecule has 5 nitrogen and oxygen atoms in total. The molecule has 56 valence electrons. The van der Waals surface area contributed by atoms with Gasteiger partial charge in [0.15, 0.2) is 0 Å². The zero-order chi connectivity index (χ0) is 8.27. The topological polar surface area (TPSA) is 81.7 Å². The van der Waals surface area contributed by atoms with E-state index >= 15 is 0 Å². The number of nitriles is 1. The molecular weight excluding hydrogens is 153 g/mol. The summed E-state index contributed by atoms with van der Waals surface area (Å²) in [5.74, 6) is -1.33. The van der Waals surface area contributed by atoms with E-state index in [1.165, 1.54) is 17.1 Å². The van der Waals surface area contributed by atoms with Gasteiger partial charge in [-0.2, -0.15) is 5.26 Å². The maximum atomic E-state index is 10.1. The molecule has 12 heavy (non-hydrogen) atoms. The summed E-state index contributed by atoms with van der Waals surface area (Å²) < 4.78 is 1.37. The van der Waals surface area contributed by atoms with Crippen LogP contribution in [0.2, 0.25) is 0 Å². The zero-order valence-corrected chi connectivity index (χ0v) is 6.52. The van der Waals surface area contributed by atoms with E-state index in [0.29, 0.717) is 0 Å². The van der Waals surface area contributed by atoms with E-state index in [4.69, 9.17) is 5.26 Å². The number of rotatable bonds is 2. The van der Waals surface area contributed by atoms with Crippen LogP contribution in [0.5, 0.6) is 0 Å². The van der Waals surface area contributed by atoms with Crippen LogP contribution in [-0.2, 0) is 6.54 Å². The van der Waals surface area contributed by atoms with Crippen molar-refractivity contribution in [1.82, 2.24) is 9.55 Å². The third-order valence-corrected chi connectivity index (χ3v) is 1.10. The summed E-state index contributed by atoms with van der Waals surface area (Å²) in [6, 6.07) is 1.85. The van der Waals surface area contributed by atoms with Crippen molar-refractivity contribution in [2.45, 2.75) is 6.54 Å². The van der Waals surface area contributed by atoms with Crippen molar-refractivity contribution in [1.29, 1.82) is 5.26 Å². The van der Waals surface area contributed by atoms with E-state index in [9.17, 15) is 9.90 Å². The number of aromatic carboxylic acids is 1. The Morgan fingerprint density at radius 2 is 2.50 bits per heavy atom. The van der Waals surface area contributed by atoms with E-state index in [0.717, 1.165) is 0 Å². The minimum Gasteiger partial charge on any atom is -0.543 e. The number of carbonyl (C=O) groups excluding carboxylic acids is 1. The van der Waals surface area contributed by atoms with Crippen LogP contribution in [0, 0.1) is 11.3 Å². The number of carboxylic acids is 1. The van der Waals surface area contributed by atoms with Crippen LogP contribution in [-0.4, -0.2) is 15.5 Å². The molecule has 0 fully saturated rings. The van der Waals surface area contributed by atoms with Crippen LogP contribution < -0.4 is 24.0 Å². The molecule has 0 saturated heterocycles. The fourth-order valence-corrected chi connectivity index (χ4v) is 0.634. The second-order valence-electron chi connectivity index (χ2n) is 1.88. The summed E-state index contributed by atoms with van der Waals surface area (Å²) in [7, 11) is 0. The van der Waals surface area contributed by atoms with E-state index in [1.54, 1.807) is 0 Å². The number of hydrogen-bond donors (Lipinski definition) is 0. The first-order chi connectivity index (χ1) is 5.24. The summed E-state index contributed by atoms with van der Waals surface area (Å²) in [5.41, 5.74) is -0.153. The van der Waals surface area contributed by atoms with Crippen LogP contribution in [0.4, 0.5) is 0 Å². The maximum Gasteiger partial charge on any atom is 1.00 e. The van der Waals surface area contributed by atoms with Gasteiger partial charge in [-0.25, -0.2) is 4.98 Å². The van der Waals surface area contributed by atoms with Gasteiger partial charge in [-0.05, 0) is 0 Å². The SMILES string of the molecule is N#CCn1cnc(C(=O)[O-])c1.[Li+]. The second-order valence-corrected chi connectivity index (χ2v) is 1.88. The van der Waals surface area contributed by atoms with E-state index in [2.05, 4.69) is 4.98 Å². The Kier molecular flexibility index (Phi) is 4.13. The quantitative estimate of drug-likeness (QED) is 0.407. The van der Waals surface area contributed by atoms with E-state index < -0.39 is 5.97 Å². The van der Waals surface area contributed by atoms with Crippen molar-refractivity contribution in [2.24, 2.45) is 0 Å². The molecule has 0 aliphatic heterocycles. The Hall–Kier alpha value is -1.23. The first kappa shape index (κ1) is 10.8. The fraction of sp³-hybridized carbons (Fsp3) is 0.167. The third kappa shape index (κ3) is 2.43. The normalized spacial score (nSPS) is 8.25. The van der Waals surface area contributed by atoms with E-state index in [-0.39, 0.29) is 31.1 Å². The molecule has 0 aliphatic carbocycles. The Bertz CT molecular complexity index is 315. The van der Waals surface area contributed by atoms with Crippen molar-refractivity contribution >= 4 is 5.97 Å². The smallest absolute Gasteiger partial charge is 0.543 e. The summed E-state index contributed by atoms with van der Waals surface area (Å²) in [5, 5.41) is 18.4. The molecule has 6 heteroatoms. The van der Waals surface area contributed by atoms with Crippen LogP contribution >= 0.6 is 0 Å². The molecule has 0 unspecified atom stereocenters. The van der Waals surface area contributed by atoms with Crippen molar-refractivity contribution in [3.63, 3.8) is 0 Å². The van der Waals surface area contributed by atoms with Crippen LogP contribution in [0.3, 0.4) is 0 Å². The number of imidazole rings is 1. The zero-order valence-electron chi connectivity index (χ0n) is 6.52. The van der Waals surface area contributed by atoms with Gasteiger partial charge in [0.1, 0.15) is 12.2 Å². The maximum absolute atomic E-state index is 10.1. The molecule has 0 N–H and O–H groups in total. The first-order valence-corrected chi connectivity index (χ1v) is 2.84. The van der Waals surface area contributed by atoms with Crippen molar-refractivity contribution in [3.8, 4) is 6.07 Å². The predicted molar refractivity (Wildman–Crippen MR) is 32.2 cm³/mol. The number of carboxylic acid groups (broad SMARTS) is 1. The Morgan fingerprint density at radius 3 is 2.92 bits per heavy atom. The average molecular weight is 157 g/mol. The van der Waals surface area contributed by atoms with Gasteiger partial charge in [-0.15, -0.1) is 0 Å². The molecule has 0 aromatic carbocycles. The Labute approximate surface area is 80.8 Å². The predicted octanol–water partition coefficient (Wildman–Crippen LogP) is -4.23. The Morgan fingerprint density at radius 1 is 1.83 bits per heavy atom. The van der Waals surface area contributed by atoms with Gasteiger partial charge in [0.05, 0.1) is 18.4 Å². The number of nitrogens with zero attached hydrogens (tertiary/aromatic N) is 3.